The summed E-state index contributed by atoms with van der Waals surface area (Å²) >= 11 is 11.6. The van der Waals surface area contributed by atoms with Crippen molar-refractivity contribution in [2.75, 3.05) is 19.0 Å². The maximum Gasteiger partial charge on any atom is 0.255 e. The fourth-order valence-electron chi connectivity index (χ4n) is 1.60. The number of carbonyl (C=O) groups excluding carboxylic acids is 1. The summed E-state index contributed by atoms with van der Waals surface area (Å²) in [5, 5.41) is 0.135. The molecule has 0 N–H and O–H groups in total. The molecule has 0 aliphatic carbocycles. The minimum atomic E-state index is -0.450. The van der Waals surface area contributed by atoms with Crippen LogP contribution >= 0.6 is 23.2 Å². The van der Waals surface area contributed by atoms with E-state index in [1.807, 2.05) is 6.92 Å². The molecular formula is C13H16Cl2FNO. The molecule has 0 fully saturated rings. The van der Waals surface area contributed by atoms with Gasteiger partial charge in [-0.3, -0.25) is 4.79 Å². The molecule has 0 saturated heterocycles. The van der Waals surface area contributed by atoms with Crippen molar-refractivity contribution in [1.82, 2.24) is 4.90 Å². The molecule has 0 heterocycles. The molecule has 0 aliphatic heterocycles. The molecule has 0 aliphatic rings. The van der Waals surface area contributed by atoms with Crippen LogP contribution in [0, 0.1) is 5.82 Å². The Kier molecular flexibility index (Phi) is 6.44. The van der Waals surface area contributed by atoms with Crippen LogP contribution in [0.25, 0.3) is 0 Å². The summed E-state index contributed by atoms with van der Waals surface area (Å²) in [6.07, 6.45) is 1.89. The van der Waals surface area contributed by atoms with Gasteiger partial charge in [-0.15, -0.1) is 11.6 Å². The topological polar surface area (TPSA) is 20.3 Å². The minimum Gasteiger partial charge on any atom is -0.337 e. The summed E-state index contributed by atoms with van der Waals surface area (Å²) in [5.41, 5.74) is 0.319. The molecule has 1 aromatic rings. The molecule has 0 saturated carbocycles. The third kappa shape index (κ3) is 4.14. The normalized spacial score (nSPS) is 10.4. The molecule has 18 heavy (non-hydrogen) atoms. The Morgan fingerprint density at radius 3 is 2.67 bits per heavy atom. The third-order valence-corrected chi connectivity index (χ3v) is 3.07. The average Bonchev–Trinajstić information content (AvgIpc) is 2.33. The fraction of sp³-hybridized carbons (Fsp3) is 0.462. The molecule has 5 heteroatoms. The van der Waals surface area contributed by atoms with E-state index in [0.717, 1.165) is 18.9 Å². The van der Waals surface area contributed by atoms with Gasteiger partial charge in [0, 0.05) is 19.0 Å². The fourth-order valence-corrected chi connectivity index (χ4v) is 2.05. The molecule has 0 unspecified atom stereocenters. The Hall–Kier alpha value is -0.800. The number of hydrogen-bond acceptors (Lipinski definition) is 1. The lowest BCUT2D eigenvalue weighted by atomic mass is 10.2. The number of alkyl halides is 1. The van der Waals surface area contributed by atoms with Gasteiger partial charge in [0.2, 0.25) is 0 Å². The molecule has 1 aromatic carbocycles. The van der Waals surface area contributed by atoms with E-state index in [-0.39, 0.29) is 10.9 Å². The molecule has 2 nitrogen and oxygen atoms in total. The van der Waals surface area contributed by atoms with Gasteiger partial charge in [0.05, 0.1) is 10.6 Å². The second-order valence-electron chi connectivity index (χ2n) is 3.96. The Morgan fingerprint density at radius 2 is 2.11 bits per heavy atom. The summed E-state index contributed by atoms with van der Waals surface area (Å²) in [6.45, 7) is 3.15. The van der Waals surface area contributed by atoms with Gasteiger partial charge >= 0.3 is 0 Å². The quantitative estimate of drug-likeness (QED) is 0.727. The van der Waals surface area contributed by atoms with Gasteiger partial charge in [0.25, 0.3) is 5.91 Å². The van der Waals surface area contributed by atoms with Crippen molar-refractivity contribution in [2.45, 2.75) is 19.8 Å². The Labute approximate surface area is 117 Å². The number of amides is 1. The lowest BCUT2D eigenvalue weighted by Crippen LogP contribution is -2.33. The van der Waals surface area contributed by atoms with Crippen molar-refractivity contribution in [3.63, 3.8) is 0 Å². The Balaban J connectivity index is 2.87. The van der Waals surface area contributed by atoms with Gasteiger partial charge in [0.15, 0.2) is 0 Å². The van der Waals surface area contributed by atoms with Gasteiger partial charge in [0.1, 0.15) is 5.82 Å². The first-order valence-corrected chi connectivity index (χ1v) is 6.81. The predicted molar refractivity (Wildman–Crippen MR) is 72.9 cm³/mol. The molecule has 1 rings (SSSR count). The highest BCUT2D eigenvalue weighted by atomic mass is 35.5. The van der Waals surface area contributed by atoms with Crippen LogP contribution in [0.1, 0.15) is 30.1 Å². The summed E-state index contributed by atoms with van der Waals surface area (Å²) in [6, 6.07) is 3.79. The number of halogens is 3. The number of unbranched alkanes of at least 4 members (excludes halogenated alkanes) is 1. The van der Waals surface area contributed by atoms with E-state index in [1.54, 1.807) is 4.90 Å². The zero-order chi connectivity index (χ0) is 13.5. The Bertz CT molecular complexity index is 412. The van der Waals surface area contributed by atoms with Crippen LogP contribution in [0.4, 0.5) is 4.39 Å². The molecule has 0 radical (unpaired) electrons. The average molecular weight is 292 g/mol. The van der Waals surface area contributed by atoms with Gasteiger partial charge in [-0.1, -0.05) is 24.9 Å². The van der Waals surface area contributed by atoms with E-state index in [0.29, 0.717) is 24.5 Å². The molecule has 0 atom stereocenters. The highest BCUT2D eigenvalue weighted by molar-refractivity contribution is 6.33. The second-order valence-corrected chi connectivity index (χ2v) is 4.74. The highest BCUT2D eigenvalue weighted by Crippen LogP contribution is 2.19. The van der Waals surface area contributed by atoms with Gasteiger partial charge in [-0.05, 0) is 24.6 Å². The summed E-state index contributed by atoms with van der Waals surface area (Å²) < 4.78 is 12.9. The number of nitrogens with zero attached hydrogens (tertiary/aromatic N) is 1. The van der Waals surface area contributed by atoms with Crippen LogP contribution < -0.4 is 0 Å². The molecule has 0 aromatic heterocycles. The van der Waals surface area contributed by atoms with Crippen LogP contribution in [0.2, 0.25) is 5.02 Å². The summed E-state index contributed by atoms with van der Waals surface area (Å²) in [7, 11) is 0. The molecule has 100 valence electrons. The minimum absolute atomic E-state index is 0.135. The molecule has 0 bridgehead atoms. The zero-order valence-corrected chi connectivity index (χ0v) is 11.8. The molecule has 1 amide bonds. The van der Waals surface area contributed by atoms with Gasteiger partial charge < -0.3 is 4.90 Å². The van der Waals surface area contributed by atoms with Crippen LogP contribution in [-0.4, -0.2) is 29.8 Å². The Morgan fingerprint density at radius 1 is 1.39 bits per heavy atom. The van der Waals surface area contributed by atoms with Crippen LogP contribution in [0.15, 0.2) is 18.2 Å². The number of rotatable bonds is 6. The SMILES string of the molecule is CCCCN(CCCl)C(=O)c1ccc(F)cc1Cl. The van der Waals surface area contributed by atoms with E-state index in [9.17, 15) is 9.18 Å². The van der Waals surface area contributed by atoms with Gasteiger partial charge in [-0.25, -0.2) is 4.39 Å². The monoisotopic (exact) mass is 291 g/mol. The van der Waals surface area contributed by atoms with Crippen molar-refractivity contribution in [2.24, 2.45) is 0 Å². The van der Waals surface area contributed by atoms with E-state index in [2.05, 4.69) is 0 Å². The molecule has 0 spiro atoms. The lowest BCUT2D eigenvalue weighted by molar-refractivity contribution is 0.0763. The zero-order valence-electron chi connectivity index (χ0n) is 10.3. The van der Waals surface area contributed by atoms with Crippen molar-refractivity contribution in [1.29, 1.82) is 0 Å². The summed E-state index contributed by atoms with van der Waals surface area (Å²) in [4.78, 5) is 13.9. The largest absolute Gasteiger partial charge is 0.337 e. The van der Waals surface area contributed by atoms with Crippen LogP contribution in [0.3, 0.4) is 0 Å². The second kappa shape index (κ2) is 7.59. The number of benzene rings is 1. The first-order chi connectivity index (χ1) is 8.60. The van der Waals surface area contributed by atoms with E-state index >= 15 is 0 Å². The first kappa shape index (κ1) is 15.3. The maximum atomic E-state index is 12.9. The smallest absolute Gasteiger partial charge is 0.255 e. The number of hydrogen-bond donors (Lipinski definition) is 0. The molecular weight excluding hydrogens is 276 g/mol. The highest BCUT2D eigenvalue weighted by Gasteiger charge is 2.17. The maximum absolute atomic E-state index is 12.9. The van der Waals surface area contributed by atoms with Crippen molar-refractivity contribution in [3.05, 3.63) is 34.6 Å². The predicted octanol–water partition coefficient (Wildman–Crippen LogP) is 3.96. The third-order valence-electron chi connectivity index (χ3n) is 2.58. The van der Waals surface area contributed by atoms with Crippen LogP contribution in [-0.2, 0) is 0 Å². The van der Waals surface area contributed by atoms with E-state index in [1.165, 1.54) is 12.1 Å². The van der Waals surface area contributed by atoms with Crippen molar-refractivity contribution in [3.8, 4) is 0 Å². The summed E-state index contributed by atoms with van der Waals surface area (Å²) in [5.74, 6) is -0.281. The van der Waals surface area contributed by atoms with Crippen molar-refractivity contribution < 1.29 is 9.18 Å². The first-order valence-electron chi connectivity index (χ1n) is 5.90. The van der Waals surface area contributed by atoms with Crippen molar-refractivity contribution >= 4 is 29.1 Å². The lowest BCUT2D eigenvalue weighted by Gasteiger charge is -2.22. The van der Waals surface area contributed by atoms with E-state index in [4.69, 9.17) is 23.2 Å². The van der Waals surface area contributed by atoms with Gasteiger partial charge in [-0.2, -0.15) is 0 Å². The van der Waals surface area contributed by atoms with E-state index < -0.39 is 5.82 Å². The van der Waals surface area contributed by atoms with Crippen LogP contribution in [0.5, 0.6) is 0 Å². The number of carbonyl (C=O) groups is 1. The standard InChI is InChI=1S/C13H16Cl2FNO/c1-2-3-7-17(8-6-14)13(18)11-5-4-10(16)9-12(11)15/h4-5,9H,2-3,6-8H2,1H3.